The summed E-state index contributed by atoms with van der Waals surface area (Å²) in [6.45, 7) is 0.839. The van der Waals surface area contributed by atoms with Gasteiger partial charge in [-0.15, -0.1) is 9.55 Å². The molecule has 0 bridgehead atoms. The molecule has 3 aromatic carbocycles. The normalized spacial score (nSPS) is 19.6. The smallest absolute Gasteiger partial charge is 0.349 e. The molecule has 0 spiro atoms. The Morgan fingerprint density at radius 1 is 1.02 bits per heavy atom. The van der Waals surface area contributed by atoms with Crippen LogP contribution in [0, 0.1) is 5.82 Å². The predicted molar refractivity (Wildman–Crippen MR) is 155 cm³/mol. The van der Waals surface area contributed by atoms with E-state index in [2.05, 4.69) is 10.1 Å². The van der Waals surface area contributed by atoms with Gasteiger partial charge in [-0.3, -0.25) is 14.4 Å². The number of hydrogen-bond donors (Lipinski definition) is 2. The van der Waals surface area contributed by atoms with Crippen molar-refractivity contribution in [2.75, 3.05) is 13.2 Å². The molecule has 1 aliphatic heterocycles. The maximum absolute atomic E-state index is 13.9. The van der Waals surface area contributed by atoms with Crippen molar-refractivity contribution in [3.8, 4) is 0 Å². The second-order valence-electron chi connectivity index (χ2n) is 10.8. The minimum atomic E-state index is -5.07. The van der Waals surface area contributed by atoms with Crippen LogP contribution >= 0.6 is 7.75 Å². The fraction of sp³-hybridized carbons (Fsp3) is 0.333. The average Bonchev–Trinajstić information content (AvgIpc) is 3.41. The first-order chi connectivity index (χ1) is 22.5. The van der Waals surface area contributed by atoms with Gasteiger partial charge in [0.15, 0.2) is 6.29 Å². The molecule has 1 fully saturated rings. The topological polar surface area (TPSA) is 119 Å². The second-order valence-corrected chi connectivity index (χ2v) is 12.5. The van der Waals surface area contributed by atoms with Crippen molar-refractivity contribution >= 4 is 7.75 Å². The van der Waals surface area contributed by atoms with E-state index in [1.807, 2.05) is 0 Å². The molecule has 10 nitrogen and oxygen atoms in total. The maximum Gasteiger partial charge on any atom is 0.457 e. The van der Waals surface area contributed by atoms with E-state index < -0.39 is 66.7 Å². The standard InChI is InChI=1S/C30H28F7N4O6P/c1-18(21-13-22(29(32,33)34)15-23(14-21)30(35,36)37)47-27-26(20-7-9-24(31)10-8-20)40(11-12-45-27)16-25-38-28(42)41(39-25)48(43,44)46-17-19-5-3-2-4-6-19/h2-10,13-15,18,26-27H,11-12,16-17H2,1H3,(H,43,44)(H,38,39,42)/t18-,26+,27-/m1/s1. The van der Waals surface area contributed by atoms with Crippen LogP contribution in [0.4, 0.5) is 30.7 Å². The zero-order chi connectivity index (χ0) is 34.9. The Morgan fingerprint density at radius 3 is 2.25 bits per heavy atom. The summed E-state index contributed by atoms with van der Waals surface area (Å²) in [6, 6.07) is 13.6. The molecule has 0 saturated carbocycles. The molecule has 18 heteroatoms. The molecule has 1 aliphatic rings. The van der Waals surface area contributed by atoms with Crippen molar-refractivity contribution in [2.45, 2.75) is 50.9 Å². The van der Waals surface area contributed by atoms with Crippen molar-refractivity contribution in [3.05, 3.63) is 123 Å². The third-order valence-electron chi connectivity index (χ3n) is 7.42. The van der Waals surface area contributed by atoms with Gasteiger partial charge in [-0.25, -0.2) is 13.8 Å². The minimum absolute atomic E-state index is 0.00819. The second kappa shape index (κ2) is 13.9. The lowest BCUT2D eigenvalue weighted by atomic mass is 10.0. The van der Waals surface area contributed by atoms with Gasteiger partial charge in [-0.1, -0.05) is 42.5 Å². The van der Waals surface area contributed by atoms with E-state index in [4.69, 9.17) is 14.0 Å². The molecule has 1 saturated heterocycles. The molecule has 2 N–H and O–H groups in total. The number of rotatable bonds is 10. The van der Waals surface area contributed by atoms with Gasteiger partial charge in [-0.05, 0) is 53.9 Å². The Hall–Kier alpha value is -3.86. The molecule has 48 heavy (non-hydrogen) atoms. The molecule has 0 amide bonds. The van der Waals surface area contributed by atoms with Crippen LogP contribution in [0.3, 0.4) is 0 Å². The number of benzene rings is 3. The van der Waals surface area contributed by atoms with Crippen molar-refractivity contribution in [1.82, 2.24) is 19.4 Å². The lowest BCUT2D eigenvalue weighted by molar-refractivity contribution is -0.231. The molecule has 4 aromatic rings. The highest BCUT2D eigenvalue weighted by Gasteiger charge is 2.40. The summed E-state index contributed by atoms with van der Waals surface area (Å²) in [5.74, 6) is -0.681. The quantitative estimate of drug-likeness (QED) is 0.140. The van der Waals surface area contributed by atoms with Gasteiger partial charge in [0.1, 0.15) is 11.6 Å². The maximum atomic E-state index is 13.9. The summed E-state index contributed by atoms with van der Waals surface area (Å²) in [5.41, 5.74) is -3.56. The van der Waals surface area contributed by atoms with E-state index in [-0.39, 0.29) is 42.6 Å². The first-order valence-electron chi connectivity index (χ1n) is 14.3. The van der Waals surface area contributed by atoms with E-state index in [0.717, 1.165) is 12.1 Å². The zero-order valence-electron chi connectivity index (χ0n) is 24.9. The number of morpholine rings is 1. The molecule has 1 aromatic heterocycles. The Bertz CT molecular complexity index is 1780. The van der Waals surface area contributed by atoms with Gasteiger partial charge in [0, 0.05) is 6.54 Å². The molecular formula is C30H28F7N4O6P. The molecule has 1 unspecified atom stereocenters. The van der Waals surface area contributed by atoms with Crippen molar-refractivity contribution in [3.63, 3.8) is 0 Å². The largest absolute Gasteiger partial charge is 0.457 e. The third-order valence-corrected chi connectivity index (χ3v) is 8.64. The highest BCUT2D eigenvalue weighted by molar-refractivity contribution is 7.50. The monoisotopic (exact) mass is 704 g/mol. The van der Waals surface area contributed by atoms with Gasteiger partial charge >= 0.3 is 25.8 Å². The summed E-state index contributed by atoms with van der Waals surface area (Å²) in [6.07, 6.45) is -12.8. The minimum Gasteiger partial charge on any atom is -0.349 e. The van der Waals surface area contributed by atoms with Crippen molar-refractivity contribution < 1.29 is 54.2 Å². The first kappa shape index (κ1) is 35.4. The molecule has 2 heterocycles. The summed E-state index contributed by atoms with van der Waals surface area (Å²) < 4.78 is 125. The Labute approximate surface area is 268 Å². The number of aromatic nitrogens is 3. The number of nitrogens with zero attached hydrogens (tertiary/aromatic N) is 3. The highest BCUT2D eigenvalue weighted by atomic mass is 31.2. The van der Waals surface area contributed by atoms with Gasteiger partial charge in [0.25, 0.3) is 0 Å². The van der Waals surface area contributed by atoms with Gasteiger partial charge < -0.3 is 14.4 Å². The fourth-order valence-corrected chi connectivity index (χ4v) is 6.01. The summed E-state index contributed by atoms with van der Waals surface area (Å²) >= 11 is 0. The zero-order valence-corrected chi connectivity index (χ0v) is 25.8. The molecule has 0 radical (unpaired) electrons. The molecule has 4 atom stereocenters. The fourth-order valence-electron chi connectivity index (χ4n) is 5.08. The van der Waals surface area contributed by atoms with Crippen LogP contribution in [0.25, 0.3) is 0 Å². The van der Waals surface area contributed by atoms with E-state index >= 15 is 0 Å². The molecular weight excluding hydrogens is 676 g/mol. The van der Waals surface area contributed by atoms with E-state index in [0.29, 0.717) is 23.3 Å². The van der Waals surface area contributed by atoms with Crippen molar-refractivity contribution in [1.29, 1.82) is 0 Å². The van der Waals surface area contributed by atoms with Gasteiger partial charge in [0.2, 0.25) is 0 Å². The van der Waals surface area contributed by atoms with E-state index in [1.54, 1.807) is 35.2 Å². The van der Waals surface area contributed by atoms with Crippen LogP contribution in [0.2, 0.25) is 0 Å². The number of alkyl halides is 6. The van der Waals surface area contributed by atoms with Crippen LogP contribution in [0.15, 0.2) is 77.6 Å². The Morgan fingerprint density at radius 2 is 1.65 bits per heavy atom. The van der Waals surface area contributed by atoms with E-state index in [9.17, 15) is 45.0 Å². The van der Waals surface area contributed by atoms with E-state index in [1.165, 1.54) is 19.1 Å². The molecule has 5 rings (SSSR count). The van der Waals surface area contributed by atoms with Crippen LogP contribution in [0.5, 0.6) is 0 Å². The first-order valence-corrected chi connectivity index (χ1v) is 15.8. The summed E-state index contributed by atoms with van der Waals surface area (Å²) in [7, 11) is -4.76. The number of H-pyrrole nitrogens is 1. The lowest BCUT2D eigenvalue weighted by Crippen LogP contribution is -2.46. The van der Waals surface area contributed by atoms with Gasteiger partial charge in [0.05, 0.1) is 43.0 Å². The SMILES string of the molecule is C[C@@H](O[C@H]1OCCN(Cc2nn(P(=O)(O)OCc3ccccc3)c(=O)[nH]2)[C@H]1c1ccc(F)cc1)c1cc(C(F)(F)F)cc(C(F)(F)F)c1. The lowest BCUT2D eigenvalue weighted by Gasteiger charge is -2.41. The number of halogens is 7. The van der Waals surface area contributed by atoms with Crippen molar-refractivity contribution in [2.24, 2.45) is 0 Å². The average molecular weight is 705 g/mol. The molecule has 0 aliphatic carbocycles. The highest BCUT2D eigenvalue weighted by Crippen LogP contribution is 2.43. The summed E-state index contributed by atoms with van der Waals surface area (Å²) in [4.78, 5) is 27.2. The predicted octanol–water partition coefficient (Wildman–Crippen LogP) is 6.59. The Kier molecular flexibility index (Phi) is 10.3. The number of ether oxygens (including phenoxy) is 2. The molecule has 258 valence electrons. The van der Waals surface area contributed by atoms with Gasteiger partial charge in [-0.2, -0.15) is 26.3 Å². The van der Waals surface area contributed by atoms with Crippen LogP contribution < -0.4 is 5.69 Å². The van der Waals surface area contributed by atoms with Crippen LogP contribution in [0.1, 0.15) is 52.7 Å². The number of hydrogen-bond acceptors (Lipinski definition) is 7. The Balaban J connectivity index is 1.41. The number of nitrogens with one attached hydrogen (secondary N) is 1. The summed E-state index contributed by atoms with van der Waals surface area (Å²) in [5, 5.41) is 3.94. The number of aromatic amines is 1. The third kappa shape index (κ3) is 8.40. The van der Waals surface area contributed by atoms with Crippen LogP contribution in [-0.2, 0) is 44.1 Å². The van der Waals surface area contributed by atoms with Crippen LogP contribution in [-0.4, -0.2) is 43.8 Å².